The third kappa shape index (κ3) is 5.78. The molecule has 30 heavy (non-hydrogen) atoms. The monoisotopic (exact) mass is 410 g/mol. The number of hydrogen-bond donors (Lipinski definition) is 2. The Balaban J connectivity index is 1.50. The highest BCUT2D eigenvalue weighted by atomic mass is 19.1. The van der Waals surface area contributed by atoms with Crippen LogP contribution in [-0.2, 0) is 20.7 Å². The summed E-state index contributed by atoms with van der Waals surface area (Å²) >= 11 is 0. The second kappa shape index (κ2) is 10.4. The quantitative estimate of drug-likeness (QED) is 0.531. The van der Waals surface area contributed by atoms with Gasteiger partial charge in [0.2, 0.25) is 11.8 Å². The first-order chi connectivity index (χ1) is 14.6. The Kier molecular flexibility index (Phi) is 7.34. The van der Waals surface area contributed by atoms with Crippen LogP contribution in [0.3, 0.4) is 0 Å². The lowest BCUT2D eigenvalue weighted by atomic mass is 10.0. The van der Waals surface area contributed by atoms with E-state index >= 15 is 0 Å². The van der Waals surface area contributed by atoms with Gasteiger partial charge in [-0.05, 0) is 28.5 Å². The molecule has 2 amide bonds. The molecule has 0 aliphatic heterocycles. The van der Waals surface area contributed by atoms with Crippen molar-refractivity contribution in [2.75, 3.05) is 32.2 Å². The predicted octanol–water partition coefficient (Wildman–Crippen LogP) is 3.30. The van der Waals surface area contributed by atoms with Crippen molar-refractivity contribution in [3.63, 3.8) is 0 Å². The molecule has 0 spiro atoms. The van der Waals surface area contributed by atoms with Gasteiger partial charge in [0, 0.05) is 18.9 Å². The van der Waals surface area contributed by atoms with Crippen LogP contribution in [0.25, 0.3) is 10.8 Å². The molecule has 0 unspecified atom stereocenters. The zero-order chi connectivity index (χ0) is 21.3. The van der Waals surface area contributed by atoms with Crippen LogP contribution in [0.1, 0.15) is 5.56 Å². The van der Waals surface area contributed by atoms with Gasteiger partial charge >= 0.3 is 0 Å². The highest BCUT2D eigenvalue weighted by Crippen LogP contribution is 2.21. The lowest BCUT2D eigenvalue weighted by Crippen LogP contribution is -2.33. The van der Waals surface area contributed by atoms with Crippen LogP contribution in [0.4, 0.5) is 10.1 Å². The van der Waals surface area contributed by atoms with Crippen LogP contribution in [0.15, 0.2) is 60.7 Å². The number of carbonyl (C=O) groups is 2. The molecule has 0 saturated carbocycles. The Morgan fingerprint density at radius 2 is 1.77 bits per heavy atom. The van der Waals surface area contributed by atoms with Crippen LogP contribution < -0.4 is 15.4 Å². The molecular weight excluding hydrogens is 387 g/mol. The van der Waals surface area contributed by atoms with E-state index in [1.807, 2.05) is 42.5 Å². The summed E-state index contributed by atoms with van der Waals surface area (Å²) in [5, 5.41) is 7.20. The third-order valence-corrected chi connectivity index (χ3v) is 4.44. The van der Waals surface area contributed by atoms with Gasteiger partial charge in [-0.15, -0.1) is 0 Å². The number of halogens is 1. The molecule has 6 nitrogen and oxygen atoms in total. The smallest absolute Gasteiger partial charge is 0.243 e. The Hall–Kier alpha value is -3.45. The van der Waals surface area contributed by atoms with Gasteiger partial charge < -0.3 is 20.1 Å². The summed E-state index contributed by atoms with van der Waals surface area (Å²) in [4.78, 5) is 24.4. The number of anilines is 1. The molecule has 0 heterocycles. The molecule has 0 radical (unpaired) electrons. The maximum absolute atomic E-state index is 14.0. The molecule has 0 aliphatic carbocycles. The Morgan fingerprint density at radius 3 is 2.57 bits per heavy atom. The van der Waals surface area contributed by atoms with E-state index in [0.29, 0.717) is 6.61 Å². The fourth-order valence-corrected chi connectivity index (χ4v) is 3.00. The van der Waals surface area contributed by atoms with E-state index in [1.165, 1.54) is 19.2 Å². The first kappa shape index (κ1) is 21.3. The first-order valence-electron chi connectivity index (χ1n) is 9.51. The SMILES string of the molecule is COCCOc1ccc(NC(=O)CNC(=O)Cc2cccc3ccccc23)cc1F. The molecule has 3 aromatic rings. The standard InChI is InChI=1S/C23H23FN2O4/c1-29-11-12-30-21-10-9-18(14-20(21)24)26-23(28)15-25-22(27)13-17-7-4-6-16-5-2-3-8-19(16)17/h2-10,14H,11-13,15H2,1H3,(H,25,27)(H,26,28). The summed E-state index contributed by atoms with van der Waals surface area (Å²) in [7, 11) is 1.53. The summed E-state index contributed by atoms with van der Waals surface area (Å²) in [5.74, 6) is -1.24. The maximum Gasteiger partial charge on any atom is 0.243 e. The zero-order valence-corrected chi connectivity index (χ0v) is 16.6. The Bertz CT molecular complexity index is 1030. The minimum Gasteiger partial charge on any atom is -0.488 e. The van der Waals surface area contributed by atoms with Crippen LogP contribution in [-0.4, -0.2) is 38.7 Å². The van der Waals surface area contributed by atoms with Gasteiger partial charge in [0.1, 0.15) is 6.61 Å². The van der Waals surface area contributed by atoms with Crippen molar-refractivity contribution < 1.29 is 23.5 Å². The molecule has 0 aromatic heterocycles. The van der Waals surface area contributed by atoms with Crippen LogP contribution in [0.2, 0.25) is 0 Å². The van der Waals surface area contributed by atoms with E-state index in [1.54, 1.807) is 0 Å². The van der Waals surface area contributed by atoms with Gasteiger partial charge in [0.25, 0.3) is 0 Å². The molecular formula is C23H23FN2O4. The second-order valence-corrected chi connectivity index (χ2v) is 6.63. The number of hydrogen-bond acceptors (Lipinski definition) is 4. The average Bonchev–Trinajstić information content (AvgIpc) is 2.74. The van der Waals surface area contributed by atoms with Crippen molar-refractivity contribution in [1.29, 1.82) is 0 Å². The van der Waals surface area contributed by atoms with Crippen molar-refractivity contribution in [3.8, 4) is 5.75 Å². The van der Waals surface area contributed by atoms with Crippen molar-refractivity contribution in [3.05, 3.63) is 72.0 Å². The fraction of sp³-hybridized carbons (Fsp3) is 0.217. The third-order valence-electron chi connectivity index (χ3n) is 4.44. The molecule has 156 valence electrons. The van der Waals surface area contributed by atoms with Gasteiger partial charge in [0.15, 0.2) is 11.6 Å². The molecule has 3 aromatic carbocycles. The van der Waals surface area contributed by atoms with Crippen molar-refractivity contribution in [1.82, 2.24) is 5.32 Å². The van der Waals surface area contributed by atoms with Gasteiger partial charge in [-0.3, -0.25) is 9.59 Å². The highest BCUT2D eigenvalue weighted by Gasteiger charge is 2.11. The van der Waals surface area contributed by atoms with Crippen LogP contribution in [0, 0.1) is 5.82 Å². The van der Waals surface area contributed by atoms with Gasteiger partial charge in [0.05, 0.1) is 19.6 Å². The number of fused-ring (bicyclic) bond motifs is 1. The number of ether oxygens (including phenoxy) is 2. The zero-order valence-electron chi connectivity index (χ0n) is 16.6. The normalized spacial score (nSPS) is 10.6. The van der Waals surface area contributed by atoms with Crippen molar-refractivity contribution >= 4 is 28.3 Å². The number of carbonyl (C=O) groups excluding carboxylic acids is 2. The molecule has 0 aliphatic rings. The van der Waals surface area contributed by atoms with E-state index in [2.05, 4.69) is 10.6 Å². The summed E-state index contributed by atoms with van der Waals surface area (Å²) in [6.45, 7) is 0.357. The van der Waals surface area contributed by atoms with E-state index in [0.717, 1.165) is 22.4 Å². The van der Waals surface area contributed by atoms with E-state index in [-0.39, 0.29) is 36.9 Å². The van der Waals surface area contributed by atoms with Crippen LogP contribution in [0.5, 0.6) is 5.75 Å². The molecule has 0 atom stereocenters. The summed E-state index contributed by atoms with van der Waals surface area (Å²) in [6.07, 6.45) is 0.163. The molecule has 2 N–H and O–H groups in total. The lowest BCUT2D eigenvalue weighted by molar-refractivity contribution is -0.123. The van der Waals surface area contributed by atoms with Gasteiger partial charge in [-0.2, -0.15) is 0 Å². The number of methoxy groups -OCH3 is 1. The minimum absolute atomic E-state index is 0.0773. The number of benzene rings is 3. The molecule has 0 saturated heterocycles. The van der Waals surface area contributed by atoms with E-state index in [4.69, 9.17) is 9.47 Å². The van der Waals surface area contributed by atoms with Gasteiger partial charge in [-0.1, -0.05) is 42.5 Å². The molecule has 7 heteroatoms. The lowest BCUT2D eigenvalue weighted by Gasteiger charge is -2.10. The topological polar surface area (TPSA) is 76.7 Å². The van der Waals surface area contributed by atoms with E-state index in [9.17, 15) is 14.0 Å². The molecule has 0 fully saturated rings. The fourth-order valence-electron chi connectivity index (χ4n) is 3.00. The number of nitrogens with one attached hydrogen (secondary N) is 2. The van der Waals surface area contributed by atoms with Crippen molar-refractivity contribution in [2.24, 2.45) is 0 Å². The summed E-state index contributed by atoms with van der Waals surface area (Å²) < 4.78 is 24.1. The minimum atomic E-state index is -0.594. The highest BCUT2D eigenvalue weighted by molar-refractivity contribution is 5.95. The second-order valence-electron chi connectivity index (χ2n) is 6.63. The summed E-state index contributed by atoms with van der Waals surface area (Å²) in [5.41, 5.74) is 1.16. The Morgan fingerprint density at radius 1 is 0.967 bits per heavy atom. The maximum atomic E-state index is 14.0. The number of rotatable bonds is 9. The predicted molar refractivity (Wildman–Crippen MR) is 113 cm³/mol. The molecule has 0 bridgehead atoms. The van der Waals surface area contributed by atoms with Crippen molar-refractivity contribution in [2.45, 2.75) is 6.42 Å². The Labute approximate surface area is 174 Å². The molecule has 3 rings (SSSR count). The van der Waals surface area contributed by atoms with Crippen LogP contribution >= 0.6 is 0 Å². The van der Waals surface area contributed by atoms with E-state index < -0.39 is 11.7 Å². The van der Waals surface area contributed by atoms with Gasteiger partial charge in [-0.25, -0.2) is 4.39 Å². The largest absolute Gasteiger partial charge is 0.488 e. The number of amides is 2. The summed E-state index contributed by atoms with van der Waals surface area (Å²) in [6, 6.07) is 17.7. The first-order valence-corrected chi connectivity index (χ1v) is 9.51. The average molecular weight is 410 g/mol.